The van der Waals surface area contributed by atoms with E-state index in [9.17, 15) is 4.79 Å². The van der Waals surface area contributed by atoms with E-state index in [1.54, 1.807) is 0 Å². The van der Waals surface area contributed by atoms with E-state index in [1.165, 1.54) is 5.56 Å². The molecule has 3 rings (SSSR count). The Kier molecular flexibility index (Phi) is 7.03. The van der Waals surface area contributed by atoms with Crippen molar-refractivity contribution >= 4 is 16.9 Å². The van der Waals surface area contributed by atoms with Crippen molar-refractivity contribution in [2.24, 2.45) is 0 Å². The van der Waals surface area contributed by atoms with Gasteiger partial charge in [0.2, 0.25) is 5.91 Å². The molecule has 1 heterocycles. The van der Waals surface area contributed by atoms with Crippen molar-refractivity contribution in [1.29, 1.82) is 0 Å². The molecule has 0 radical (unpaired) electrons. The number of amides is 1. The highest BCUT2D eigenvalue weighted by Gasteiger charge is 2.14. The van der Waals surface area contributed by atoms with Gasteiger partial charge in [0, 0.05) is 19.8 Å². The number of rotatable bonds is 10. The molecule has 1 amide bonds. The Labute approximate surface area is 165 Å². The van der Waals surface area contributed by atoms with E-state index in [0.29, 0.717) is 26.4 Å². The summed E-state index contributed by atoms with van der Waals surface area (Å²) in [6, 6.07) is 15.7. The summed E-state index contributed by atoms with van der Waals surface area (Å²) in [6.07, 6.45) is 0.799. The zero-order chi connectivity index (χ0) is 19.8. The van der Waals surface area contributed by atoms with Crippen LogP contribution in [0.1, 0.15) is 24.7 Å². The van der Waals surface area contributed by atoms with Gasteiger partial charge in [-0.2, -0.15) is 0 Å². The smallest absolute Gasteiger partial charge is 0.240 e. The monoisotopic (exact) mass is 381 g/mol. The number of aryl methyl sites for hydroxylation is 1. The average Bonchev–Trinajstić information content (AvgIpc) is 3.05. The third kappa shape index (κ3) is 5.33. The maximum absolute atomic E-state index is 12.4. The average molecular weight is 381 g/mol. The van der Waals surface area contributed by atoms with Gasteiger partial charge in [-0.1, -0.05) is 29.8 Å². The number of fused-ring (bicyclic) bond motifs is 1. The van der Waals surface area contributed by atoms with Crippen LogP contribution in [-0.4, -0.2) is 35.2 Å². The normalized spacial score (nSPS) is 10.9. The molecule has 1 aromatic heterocycles. The molecule has 0 fully saturated rings. The van der Waals surface area contributed by atoms with Gasteiger partial charge in [-0.05, 0) is 44.5 Å². The van der Waals surface area contributed by atoms with E-state index in [4.69, 9.17) is 9.47 Å². The van der Waals surface area contributed by atoms with Gasteiger partial charge in [0.25, 0.3) is 0 Å². The minimum atomic E-state index is -0.0452. The molecule has 0 unspecified atom stereocenters. The van der Waals surface area contributed by atoms with E-state index < -0.39 is 0 Å². The van der Waals surface area contributed by atoms with Crippen molar-refractivity contribution in [2.45, 2.75) is 33.4 Å². The number of nitrogens with one attached hydrogen (secondary N) is 1. The highest BCUT2D eigenvalue weighted by atomic mass is 16.5. The van der Waals surface area contributed by atoms with Gasteiger partial charge in [0.05, 0.1) is 11.0 Å². The van der Waals surface area contributed by atoms with Crippen LogP contribution in [0.5, 0.6) is 5.75 Å². The number of imidazole rings is 1. The van der Waals surface area contributed by atoms with Crippen molar-refractivity contribution < 1.29 is 14.3 Å². The molecule has 0 aliphatic rings. The number of para-hydroxylation sites is 2. The summed E-state index contributed by atoms with van der Waals surface area (Å²) in [6.45, 7) is 6.46. The Bertz CT molecular complexity index is 903. The number of ether oxygens (including phenoxy) is 2. The van der Waals surface area contributed by atoms with Crippen LogP contribution in [0.2, 0.25) is 0 Å². The predicted molar refractivity (Wildman–Crippen MR) is 109 cm³/mol. The Hall–Kier alpha value is -2.86. The second-order valence-corrected chi connectivity index (χ2v) is 6.61. The molecule has 0 bridgehead atoms. The molecular formula is C22H27N3O3. The predicted octanol–water partition coefficient (Wildman–Crippen LogP) is 3.47. The van der Waals surface area contributed by atoms with E-state index in [-0.39, 0.29) is 12.5 Å². The quantitative estimate of drug-likeness (QED) is 0.546. The van der Waals surface area contributed by atoms with Crippen molar-refractivity contribution in [1.82, 2.24) is 14.9 Å². The maximum Gasteiger partial charge on any atom is 0.240 e. The molecule has 0 saturated carbocycles. The number of hydrogen-bond acceptors (Lipinski definition) is 4. The van der Waals surface area contributed by atoms with Crippen LogP contribution < -0.4 is 10.1 Å². The lowest BCUT2D eigenvalue weighted by atomic mass is 10.2. The molecule has 0 aliphatic carbocycles. The van der Waals surface area contributed by atoms with Gasteiger partial charge in [-0.25, -0.2) is 4.98 Å². The molecule has 1 N–H and O–H groups in total. The second kappa shape index (κ2) is 9.90. The first-order valence-corrected chi connectivity index (χ1v) is 9.65. The highest BCUT2D eigenvalue weighted by Crippen LogP contribution is 2.18. The fraction of sp³-hybridized carbons (Fsp3) is 0.364. The molecular weight excluding hydrogens is 354 g/mol. The summed E-state index contributed by atoms with van der Waals surface area (Å²) in [5.74, 6) is 1.46. The summed E-state index contributed by atoms with van der Waals surface area (Å²) in [5.41, 5.74) is 2.96. The maximum atomic E-state index is 12.4. The zero-order valence-electron chi connectivity index (χ0n) is 16.5. The summed E-state index contributed by atoms with van der Waals surface area (Å²) < 4.78 is 13.1. The van der Waals surface area contributed by atoms with Crippen LogP contribution in [-0.2, 0) is 22.7 Å². The number of benzene rings is 2. The number of hydrogen-bond donors (Lipinski definition) is 1. The number of carbonyl (C=O) groups is 1. The van der Waals surface area contributed by atoms with Gasteiger partial charge in [0.1, 0.15) is 24.7 Å². The molecule has 0 aliphatic heterocycles. The van der Waals surface area contributed by atoms with E-state index in [1.807, 2.05) is 66.9 Å². The Morgan fingerprint density at radius 2 is 1.93 bits per heavy atom. The molecule has 0 saturated heterocycles. The number of aromatic nitrogens is 2. The molecule has 6 nitrogen and oxygen atoms in total. The summed E-state index contributed by atoms with van der Waals surface area (Å²) in [7, 11) is 0. The van der Waals surface area contributed by atoms with Crippen molar-refractivity contribution in [3.05, 3.63) is 59.9 Å². The lowest BCUT2D eigenvalue weighted by molar-refractivity contribution is -0.121. The zero-order valence-corrected chi connectivity index (χ0v) is 16.5. The largest absolute Gasteiger partial charge is 0.486 e. The first kappa shape index (κ1) is 19.9. The minimum absolute atomic E-state index is 0.0452. The minimum Gasteiger partial charge on any atom is -0.486 e. The SMILES string of the molecule is CCOCCCNC(=O)Cn1c(COc2ccc(C)cc2)nc2ccccc21. The van der Waals surface area contributed by atoms with Gasteiger partial charge < -0.3 is 19.4 Å². The van der Waals surface area contributed by atoms with Crippen molar-refractivity contribution in [3.63, 3.8) is 0 Å². The van der Waals surface area contributed by atoms with Crippen LogP contribution in [0.3, 0.4) is 0 Å². The lowest BCUT2D eigenvalue weighted by Gasteiger charge is -2.11. The van der Waals surface area contributed by atoms with Crippen molar-refractivity contribution in [3.8, 4) is 5.75 Å². The first-order valence-electron chi connectivity index (χ1n) is 9.65. The van der Waals surface area contributed by atoms with Gasteiger partial charge >= 0.3 is 0 Å². The number of nitrogens with zero attached hydrogens (tertiary/aromatic N) is 2. The van der Waals surface area contributed by atoms with Crippen molar-refractivity contribution in [2.75, 3.05) is 19.8 Å². The fourth-order valence-corrected chi connectivity index (χ4v) is 2.94. The Morgan fingerprint density at radius 3 is 2.71 bits per heavy atom. The fourth-order valence-electron chi connectivity index (χ4n) is 2.94. The van der Waals surface area contributed by atoms with E-state index in [2.05, 4.69) is 10.3 Å². The molecule has 148 valence electrons. The number of carbonyl (C=O) groups excluding carboxylic acids is 1. The highest BCUT2D eigenvalue weighted by molar-refractivity contribution is 5.81. The third-order valence-electron chi connectivity index (χ3n) is 4.42. The van der Waals surface area contributed by atoms with Crippen LogP contribution in [0.4, 0.5) is 0 Å². The third-order valence-corrected chi connectivity index (χ3v) is 4.42. The molecule has 0 atom stereocenters. The molecule has 6 heteroatoms. The van der Waals surface area contributed by atoms with Crippen LogP contribution in [0.25, 0.3) is 11.0 Å². The van der Waals surface area contributed by atoms with Gasteiger partial charge in [0.15, 0.2) is 0 Å². The second-order valence-electron chi connectivity index (χ2n) is 6.61. The summed E-state index contributed by atoms with van der Waals surface area (Å²) >= 11 is 0. The first-order chi connectivity index (χ1) is 13.7. The molecule has 3 aromatic rings. The van der Waals surface area contributed by atoms with Gasteiger partial charge in [-0.15, -0.1) is 0 Å². The molecule has 2 aromatic carbocycles. The molecule has 28 heavy (non-hydrogen) atoms. The summed E-state index contributed by atoms with van der Waals surface area (Å²) in [4.78, 5) is 17.1. The standard InChI is InChI=1S/C22H27N3O3/c1-3-27-14-6-13-23-22(26)15-25-20-8-5-4-7-19(20)24-21(25)16-28-18-11-9-17(2)10-12-18/h4-5,7-12H,3,6,13-16H2,1-2H3,(H,23,26). The van der Waals surface area contributed by atoms with E-state index in [0.717, 1.165) is 29.0 Å². The lowest BCUT2D eigenvalue weighted by Crippen LogP contribution is -2.29. The van der Waals surface area contributed by atoms with E-state index >= 15 is 0 Å². The van der Waals surface area contributed by atoms with Gasteiger partial charge in [-0.3, -0.25) is 4.79 Å². The van der Waals surface area contributed by atoms with Crippen LogP contribution >= 0.6 is 0 Å². The van der Waals surface area contributed by atoms with Crippen LogP contribution in [0, 0.1) is 6.92 Å². The Balaban J connectivity index is 1.68. The summed E-state index contributed by atoms with van der Waals surface area (Å²) in [5, 5.41) is 2.94. The van der Waals surface area contributed by atoms with Crippen LogP contribution in [0.15, 0.2) is 48.5 Å². The topological polar surface area (TPSA) is 65.4 Å². The molecule has 0 spiro atoms. The Morgan fingerprint density at radius 1 is 1.14 bits per heavy atom.